The van der Waals surface area contributed by atoms with Gasteiger partial charge in [0.05, 0.1) is 0 Å². The number of nitrogens with one attached hydrogen (secondary N) is 3. The van der Waals surface area contributed by atoms with E-state index in [2.05, 4.69) is 45.9 Å². The van der Waals surface area contributed by atoms with Gasteiger partial charge in [0.2, 0.25) is 0 Å². The standard InChI is InChI=1S/C25H23N3O2/c29-25(28-22-13-17-9-10-21(22)27-17)24-12-11-23(30-24)16-7-5-15(6-8-16)19-14-26-20-4-2-1-3-18(19)20/h1-8,11-12,14,17,21-22,26-27H,9-10,13H2,(H,28,29). The normalized spacial score (nSPS) is 22.6. The summed E-state index contributed by atoms with van der Waals surface area (Å²) in [5.74, 6) is 0.946. The fourth-order valence-electron chi connectivity index (χ4n) is 4.96. The van der Waals surface area contributed by atoms with Crippen LogP contribution in [0, 0.1) is 0 Å². The zero-order valence-electron chi connectivity index (χ0n) is 16.5. The largest absolute Gasteiger partial charge is 0.451 e. The Morgan fingerprint density at radius 2 is 1.80 bits per heavy atom. The molecule has 3 unspecified atom stereocenters. The van der Waals surface area contributed by atoms with E-state index in [0.29, 0.717) is 23.6 Å². The Morgan fingerprint density at radius 3 is 2.60 bits per heavy atom. The number of aromatic nitrogens is 1. The highest BCUT2D eigenvalue weighted by Crippen LogP contribution is 2.31. The van der Waals surface area contributed by atoms with Gasteiger partial charge in [-0.15, -0.1) is 0 Å². The summed E-state index contributed by atoms with van der Waals surface area (Å²) in [4.78, 5) is 15.9. The second kappa shape index (κ2) is 6.89. The maximum atomic E-state index is 12.6. The highest BCUT2D eigenvalue weighted by molar-refractivity contribution is 5.96. The second-order valence-electron chi connectivity index (χ2n) is 8.35. The number of carbonyl (C=O) groups is 1. The molecule has 2 aliphatic rings. The van der Waals surface area contributed by atoms with Crippen LogP contribution in [0.25, 0.3) is 33.4 Å². The summed E-state index contributed by atoms with van der Waals surface area (Å²) in [6, 6.07) is 21.4. The summed E-state index contributed by atoms with van der Waals surface area (Å²) < 4.78 is 5.88. The van der Waals surface area contributed by atoms with E-state index in [9.17, 15) is 4.79 Å². The van der Waals surface area contributed by atoms with Crippen LogP contribution in [0.5, 0.6) is 0 Å². The zero-order valence-corrected chi connectivity index (χ0v) is 16.5. The van der Waals surface area contributed by atoms with Gasteiger partial charge in [0.15, 0.2) is 5.76 Å². The van der Waals surface area contributed by atoms with Crippen LogP contribution in [0.3, 0.4) is 0 Å². The molecule has 30 heavy (non-hydrogen) atoms. The molecule has 2 aromatic carbocycles. The van der Waals surface area contributed by atoms with Crippen LogP contribution in [0.1, 0.15) is 29.8 Å². The highest BCUT2D eigenvalue weighted by atomic mass is 16.3. The van der Waals surface area contributed by atoms with Crippen molar-refractivity contribution in [2.24, 2.45) is 0 Å². The average Bonchev–Trinajstić information content (AvgIpc) is 3.57. The molecule has 4 heterocycles. The molecule has 5 heteroatoms. The van der Waals surface area contributed by atoms with E-state index in [4.69, 9.17) is 4.42 Å². The maximum Gasteiger partial charge on any atom is 0.287 e. The minimum Gasteiger partial charge on any atom is -0.451 e. The fraction of sp³-hybridized carbons (Fsp3) is 0.240. The first-order chi connectivity index (χ1) is 14.7. The van der Waals surface area contributed by atoms with E-state index in [0.717, 1.165) is 29.5 Å². The number of fused-ring (bicyclic) bond motifs is 3. The van der Waals surface area contributed by atoms with Crippen LogP contribution in [0.4, 0.5) is 0 Å². The van der Waals surface area contributed by atoms with Gasteiger partial charge in [-0.2, -0.15) is 0 Å². The summed E-state index contributed by atoms with van der Waals surface area (Å²) in [5, 5.41) is 7.89. The number of hydrogen-bond acceptors (Lipinski definition) is 3. The Bertz CT molecular complexity index is 1220. The molecule has 2 bridgehead atoms. The molecule has 0 aliphatic carbocycles. The van der Waals surface area contributed by atoms with Crippen LogP contribution in [0.2, 0.25) is 0 Å². The summed E-state index contributed by atoms with van der Waals surface area (Å²) in [6.45, 7) is 0. The molecule has 3 N–H and O–H groups in total. The molecule has 2 aromatic heterocycles. The van der Waals surface area contributed by atoms with Crippen LogP contribution < -0.4 is 10.6 Å². The number of benzene rings is 2. The van der Waals surface area contributed by atoms with Crippen molar-refractivity contribution in [2.45, 2.75) is 37.4 Å². The summed E-state index contributed by atoms with van der Waals surface area (Å²) >= 11 is 0. The Hall–Kier alpha value is -3.31. The molecule has 2 saturated heterocycles. The lowest BCUT2D eigenvalue weighted by atomic mass is 9.95. The Balaban J connectivity index is 1.20. The number of hydrogen-bond donors (Lipinski definition) is 3. The van der Waals surface area contributed by atoms with Gasteiger partial charge >= 0.3 is 0 Å². The first kappa shape index (κ1) is 17.5. The van der Waals surface area contributed by atoms with Crippen molar-refractivity contribution in [3.05, 3.63) is 72.6 Å². The second-order valence-corrected chi connectivity index (χ2v) is 8.35. The SMILES string of the molecule is O=C(NC1CC2CCC1N2)c1ccc(-c2ccc(-c3c[nH]c4ccccc34)cc2)o1. The van der Waals surface area contributed by atoms with Gasteiger partial charge in [0.1, 0.15) is 5.76 Å². The van der Waals surface area contributed by atoms with Crippen LogP contribution >= 0.6 is 0 Å². The number of carbonyl (C=O) groups excluding carboxylic acids is 1. The van der Waals surface area contributed by atoms with E-state index >= 15 is 0 Å². The summed E-state index contributed by atoms with van der Waals surface area (Å²) in [7, 11) is 0. The minimum absolute atomic E-state index is 0.129. The van der Waals surface area contributed by atoms with Crippen LogP contribution in [-0.4, -0.2) is 29.0 Å². The minimum atomic E-state index is -0.129. The molecule has 150 valence electrons. The summed E-state index contributed by atoms with van der Waals surface area (Å²) in [6.07, 6.45) is 5.41. The number of amides is 1. The molecule has 2 fully saturated rings. The van der Waals surface area contributed by atoms with E-state index < -0.39 is 0 Å². The fourth-order valence-corrected chi connectivity index (χ4v) is 4.96. The van der Waals surface area contributed by atoms with E-state index in [-0.39, 0.29) is 11.9 Å². The number of rotatable bonds is 4. The first-order valence-corrected chi connectivity index (χ1v) is 10.6. The van der Waals surface area contributed by atoms with Gasteiger partial charge in [-0.25, -0.2) is 0 Å². The number of aromatic amines is 1. The topological polar surface area (TPSA) is 70.1 Å². The monoisotopic (exact) mass is 397 g/mol. The van der Waals surface area contributed by atoms with Gasteiger partial charge < -0.3 is 20.0 Å². The lowest BCUT2D eigenvalue weighted by Gasteiger charge is -2.20. The van der Waals surface area contributed by atoms with Crippen molar-refractivity contribution < 1.29 is 9.21 Å². The molecular weight excluding hydrogens is 374 g/mol. The lowest BCUT2D eigenvalue weighted by molar-refractivity contribution is 0.0903. The van der Waals surface area contributed by atoms with Crippen LogP contribution in [-0.2, 0) is 0 Å². The third kappa shape index (κ3) is 2.94. The lowest BCUT2D eigenvalue weighted by Crippen LogP contribution is -2.42. The smallest absolute Gasteiger partial charge is 0.287 e. The van der Waals surface area contributed by atoms with Gasteiger partial charge in [-0.05, 0) is 43.0 Å². The van der Waals surface area contributed by atoms with Gasteiger partial charge in [0.25, 0.3) is 5.91 Å². The van der Waals surface area contributed by atoms with E-state index in [1.54, 1.807) is 6.07 Å². The maximum absolute atomic E-state index is 12.6. The highest BCUT2D eigenvalue weighted by Gasteiger charge is 2.39. The summed E-state index contributed by atoms with van der Waals surface area (Å²) in [5.41, 5.74) is 4.41. The Labute approximate surface area is 174 Å². The average molecular weight is 397 g/mol. The number of H-pyrrole nitrogens is 1. The third-order valence-electron chi connectivity index (χ3n) is 6.52. The zero-order chi connectivity index (χ0) is 20.1. The quantitative estimate of drug-likeness (QED) is 0.467. The van der Waals surface area contributed by atoms with Crippen molar-refractivity contribution >= 4 is 16.8 Å². The molecule has 0 spiro atoms. The van der Waals surface area contributed by atoms with Crippen molar-refractivity contribution in [2.75, 3.05) is 0 Å². The van der Waals surface area contributed by atoms with Gasteiger partial charge in [0, 0.05) is 46.4 Å². The van der Waals surface area contributed by atoms with E-state index in [1.807, 2.05) is 30.5 Å². The molecule has 5 nitrogen and oxygen atoms in total. The Morgan fingerprint density at radius 1 is 0.967 bits per heavy atom. The van der Waals surface area contributed by atoms with Crippen molar-refractivity contribution in [1.82, 2.24) is 15.6 Å². The molecular formula is C25H23N3O2. The molecule has 3 atom stereocenters. The predicted octanol–water partition coefficient (Wildman–Crippen LogP) is 4.72. The van der Waals surface area contributed by atoms with Crippen molar-refractivity contribution in [3.8, 4) is 22.5 Å². The molecule has 4 aromatic rings. The van der Waals surface area contributed by atoms with Crippen molar-refractivity contribution in [1.29, 1.82) is 0 Å². The molecule has 0 radical (unpaired) electrons. The van der Waals surface area contributed by atoms with E-state index in [1.165, 1.54) is 17.4 Å². The Kier molecular flexibility index (Phi) is 4.03. The molecule has 6 rings (SSSR count). The van der Waals surface area contributed by atoms with Gasteiger partial charge in [-0.1, -0.05) is 42.5 Å². The predicted molar refractivity (Wildman–Crippen MR) is 117 cm³/mol. The molecule has 1 amide bonds. The number of furan rings is 1. The first-order valence-electron chi connectivity index (χ1n) is 10.6. The van der Waals surface area contributed by atoms with Crippen molar-refractivity contribution in [3.63, 3.8) is 0 Å². The number of para-hydroxylation sites is 1. The van der Waals surface area contributed by atoms with Gasteiger partial charge in [-0.3, -0.25) is 4.79 Å². The molecule has 2 aliphatic heterocycles. The molecule has 0 saturated carbocycles. The third-order valence-corrected chi connectivity index (χ3v) is 6.52. The van der Waals surface area contributed by atoms with Crippen LogP contribution in [0.15, 0.2) is 71.3 Å².